The van der Waals surface area contributed by atoms with Gasteiger partial charge in [-0.1, -0.05) is 0 Å². The molecule has 2 rings (SSSR count). The molecule has 0 aliphatic carbocycles. The number of aliphatic carboxylic acids is 1. The van der Waals surface area contributed by atoms with Crippen LogP contribution in [0, 0.1) is 5.92 Å². The first-order chi connectivity index (χ1) is 18.4. The fourth-order valence-corrected chi connectivity index (χ4v) is 6.08. The minimum atomic E-state index is -5.35. The number of ether oxygens (including phenoxy) is 7. The molecule has 0 bridgehead atoms. The molecule has 40 heavy (non-hydrogen) atoms. The zero-order valence-electron chi connectivity index (χ0n) is 21.2. The van der Waals surface area contributed by atoms with Crippen LogP contribution in [0.4, 0.5) is 0 Å². The van der Waals surface area contributed by atoms with Gasteiger partial charge in [-0.15, -0.1) is 0 Å². The third-order valence-electron chi connectivity index (χ3n) is 5.88. The molecule has 0 amide bonds. The Labute approximate surface area is 229 Å². The Morgan fingerprint density at radius 2 is 1.30 bits per heavy atom. The summed E-state index contributed by atoms with van der Waals surface area (Å²) in [6, 6.07) is 0. The molecule has 236 valence electrons. The highest BCUT2D eigenvalue weighted by Gasteiger charge is 2.56. The average molecular weight is 651 g/mol. The molecule has 0 aromatic carbocycles. The molecule has 0 aromatic rings. The van der Waals surface area contributed by atoms with E-state index in [9.17, 15) is 44.3 Å². The SMILES string of the molecule is CO[C@H]1O[C@H](COS(=O)(=O)O)[C@@H](O[C@@H]2O[C@@H](C(=O)O)[C@@H](OC)[C@H](OC)[C@H]2OC)[C@H](CS(=O)(=O)O)[C@H]1OS(=O)(=O)O. The van der Waals surface area contributed by atoms with Crippen molar-refractivity contribution >= 4 is 36.9 Å². The first-order valence-electron chi connectivity index (χ1n) is 10.9. The molecule has 2 aliphatic heterocycles. The van der Waals surface area contributed by atoms with Crippen LogP contribution in [-0.4, -0.2) is 146 Å². The normalized spacial score (nSPS) is 35.9. The monoisotopic (exact) mass is 650 g/mol. The van der Waals surface area contributed by atoms with Gasteiger partial charge in [-0.25, -0.2) is 13.2 Å². The summed E-state index contributed by atoms with van der Waals surface area (Å²) >= 11 is 0. The zero-order chi connectivity index (χ0) is 30.6. The maximum atomic E-state index is 11.9. The maximum Gasteiger partial charge on any atom is 0.397 e. The fraction of sp³-hybridized carbons (Fsp3) is 0.941. The molecular weight excluding hydrogens is 620 g/mol. The topological polar surface area (TPSA) is 283 Å². The standard InChI is InChI=1S/C17H30O20S3/c1-29-11-12(30-2)14(31-3)17(36-13(11)15(18)19)35-9-7(6-38(20,21)22)10(37-40(26,27)28)16(32-4)34-8(9)5-33-39(23,24)25/h7-14,16-17H,5-6H2,1-4H3,(H,18,19)(H,20,21,22)(H,23,24,25)(H,26,27,28)/t7-,8+,9-,10+,11-,12-,13+,14+,16-,17+/m0/s1. The van der Waals surface area contributed by atoms with Crippen molar-refractivity contribution in [3.05, 3.63) is 0 Å². The highest BCUT2D eigenvalue weighted by atomic mass is 32.3. The van der Waals surface area contributed by atoms with Crippen molar-refractivity contribution in [1.29, 1.82) is 0 Å². The third-order valence-corrected chi connectivity index (χ3v) is 7.59. The summed E-state index contributed by atoms with van der Waals surface area (Å²) in [7, 11) is -11.1. The van der Waals surface area contributed by atoms with Crippen LogP contribution in [0.1, 0.15) is 0 Å². The molecule has 4 N–H and O–H groups in total. The van der Waals surface area contributed by atoms with E-state index in [1.165, 1.54) is 7.11 Å². The molecule has 20 nitrogen and oxygen atoms in total. The lowest BCUT2D eigenvalue weighted by molar-refractivity contribution is -0.348. The second kappa shape index (κ2) is 13.9. The first-order valence-corrected chi connectivity index (χ1v) is 15.2. The summed E-state index contributed by atoms with van der Waals surface area (Å²) in [5.74, 6) is -4.81. The number of carboxylic acid groups (broad SMARTS) is 1. The summed E-state index contributed by atoms with van der Waals surface area (Å²) in [4.78, 5) is 11.9. The molecule has 2 heterocycles. The zero-order valence-corrected chi connectivity index (χ0v) is 23.7. The van der Waals surface area contributed by atoms with Crippen LogP contribution < -0.4 is 0 Å². The quantitative estimate of drug-likeness (QED) is 0.137. The van der Waals surface area contributed by atoms with Gasteiger partial charge in [0.1, 0.15) is 30.5 Å². The summed E-state index contributed by atoms with van der Waals surface area (Å²) < 4.78 is 144. The Kier molecular flexibility index (Phi) is 12.2. The Balaban J connectivity index is 2.64. The average Bonchev–Trinajstić information content (AvgIpc) is 2.82. The van der Waals surface area contributed by atoms with E-state index in [-0.39, 0.29) is 0 Å². The summed E-state index contributed by atoms with van der Waals surface area (Å²) in [5, 5.41) is 9.66. The van der Waals surface area contributed by atoms with Gasteiger partial charge in [0.15, 0.2) is 18.7 Å². The lowest BCUT2D eigenvalue weighted by Crippen LogP contribution is -2.65. The van der Waals surface area contributed by atoms with Crippen molar-refractivity contribution in [2.75, 3.05) is 40.8 Å². The maximum absolute atomic E-state index is 11.9. The predicted molar refractivity (Wildman–Crippen MR) is 123 cm³/mol. The molecule has 2 fully saturated rings. The largest absolute Gasteiger partial charge is 0.479 e. The van der Waals surface area contributed by atoms with Gasteiger partial charge >= 0.3 is 26.8 Å². The number of hydrogen-bond donors (Lipinski definition) is 4. The van der Waals surface area contributed by atoms with E-state index >= 15 is 0 Å². The van der Waals surface area contributed by atoms with Gasteiger partial charge in [-0.05, 0) is 0 Å². The predicted octanol–water partition coefficient (Wildman–Crippen LogP) is -2.89. The summed E-state index contributed by atoms with van der Waals surface area (Å²) in [5.41, 5.74) is 0. The van der Waals surface area contributed by atoms with Gasteiger partial charge in [-0.2, -0.15) is 25.3 Å². The number of rotatable bonds is 14. The van der Waals surface area contributed by atoms with E-state index in [0.717, 1.165) is 21.3 Å². The molecule has 2 aliphatic rings. The van der Waals surface area contributed by atoms with Crippen molar-refractivity contribution in [2.24, 2.45) is 5.92 Å². The molecule has 0 aromatic heterocycles. The lowest BCUT2D eigenvalue weighted by Gasteiger charge is -2.48. The highest BCUT2D eigenvalue weighted by molar-refractivity contribution is 7.85. The van der Waals surface area contributed by atoms with Gasteiger partial charge < -0.3 is 38.3 Å². The van der Waals surface area contributed by atoms with Crippen LogP contribution in [0.5, 0.6) is 0 Å². The van der Waals surface area contributed by atoms with Crippen LogP contribution in [0.2, 0.25) is 0 Å². The van der Waals surface area contributed by atoms with Crippen LogP contribution >= 0.6 is 0 Å². The molecule has 0 spiro atoms. The van der Waals surface area contributed by atoms with E-state index in [1.54, 1.807) is 0 Å². The van der Waals surface area contributed by atoms with E-state index < -0.39 is 110 Å². The summed E-state index contributed by atoms with van der Waals surface area (Å²) in [6.45, 7) is -1.12. The van der Waals surface area contributed by atoms with Crippen LogP contribution in [0.25, 0.3) is 0 Å². The number of carbonyl (C=O) groups is 1. The van der Waals surface area contributed by atoms with E-state index in [0.29, 0.717) is 0 Å². The summed E-state index contributed by atoms with van der Waals surface area (Å²) in [6.07, 6.45) is -15.0. The molecule has 10 atom stereocenters. The number of hydrogen-bond acceptors (Lipinski definition) is 16. The van der Waals surface area contributed by atoms with Crippen molar-refractivity contribution in [3.63, 3.8) is 0 Å². The van der Waals surface area contributed by atoms with Crippen LogP contribution in [-0.2, 0) is 77.2 Å². The van der Waals surface area contributed by atoms with Crippen LogP contribution in [0.15, 0.2) is 0 Å². The highest BCUT2D eigenvalue weighted by Crippen LogP contribution is 2.37. The number of carboxylic acids is 1. The minimum absolute atomic E-state index is 0.939. The molecule has 0 radical (unpaired) electrons. The van der Waals surface area contributed by atoms with Gasteiger partial charge in [0.25, 0.3) is 10.1 Å². The van der Waals surface area contributed by atoms with Gasteiger partial charge in [0.05, 0.1) is 18.5 Å². The first kappa shape index (κ1) is 35.0. The van der Waals surface area contributed by atoms with Crippen molar-refractivity contribution in [3.8, 4) is 0 Å². The van der Waals surface area contributed by atoms with Gasteiger partial charge in [0, 0.05) is 34.4 Å². The molecule has 2 saturated heterocycles. The molecule has 0 unspecified atom stereocenters. The third kappa shape index (κ3) is 9.43. The van der Waals surface area contributed by atoms with Crippen LogP contribution in [0.3, 0.4) is 0 Å². The second-order valence-electron chi connectivity index (χ2n) is 8.36. The van der Waals surface area contributed by atoms with E-state index in [4.69, 9.17) is 37.7 Å². The Morgan fingerprint density at radius 1 is 0.725 bits per heavy atom. The Morgan fingerprint density at radius 3 is 1.73 bits per heavy atom. The smallest absolute Gasteiger partial charge is 0.397 e. The van der Waals surface area contributed by atoms with Gasteiger partial charge in [0.2, 0.25) is 0 Å². The number of methoxy groups -OCH3 is 4. The Bertz CT molecular complexity index is 1170. The molecule has 23 heteroatoms. The fourth-order valence-electron chi connectivity index (χ4n) is 4.39. The van der Waals surface area contributed by atoms with E-state index in [2.05, 4.69) is 8.37 Å². The lowest BCUT2D eigenvalue weighted by atomic mass is 9.90. The second-order valence-corrected chi connectivity index (χ2v) is 12.0. The van der Waals surface area contributed by atoms with Gasteiger partial charge in [-0.3, -0.25) is 13.7 Å². The molecular formula is C17H30O20S3. The van der Waals surface area contributed by atoms with E-state index in [1.807, 2.05) is 0 Å². The van der Waals surface area contributed by atoms with Crippen molar-refractivity contribution in [1.82, 2.24) is 0 Å². The minimum Gasteiger partial charge on any atom is -0.479 e. The Hall–Kier alpha value is -1.16. The molecule has 0 saturated carbocycles. The van der Waals surface area contributed by atoms with Crippen molar-refractivity contribution in [2.45, 2.75) is 55.3 Å². The van der Waals surface area contributed by atoms with Crippen molar-refractivity contribution < 1.29 is 90.3 Å².